The lowest BCUT2D eigenvalue weighted by Crippen LogP contribution is -2.29. The standard InChI is InChI=1S/C21H28ClN5S/c1-5-15(6-2)16-12-13(3)23-20-17(14(4)25-27(16)20)18-19(22)24-21(28-18)26-10-8-7-9-11-26/h12,15H,5-11H2,1-4H3. The Hall–Kier alpha value is -1.66. The fourth-order valence-electron chi connectivity index (χ4n) is 4.20. The van der Waals surface area contributed by atoms with Crippen LogP contribution in [0.15, 0.2) is 6.07 Å². The van der Waals surface area contributed by atoms with Crippen LogP contribution in [0.5, 0.6) is 0 Å². The van der Waals surface area contributed by atoms with Crippen molar-refractivity contribution in [3.8, 4) is 10.4 Å². The molecule has 0 aromatic carbocycles. The molecule has 0 amide bonds. The van der Waals surface area contributed by atoms with Crippen LogP contribution >= 0.6 is 22.9 Å². The van der Waals surface area contributed by atoms with Gasteiger partial charge in [-0.15, -0.1) is 0 Å². The molecule has 4 heterocycles. The first-order valence-corrected chi connectivity index (χ1v) is 11.5. The molecule has 0 saturated carbocycles. The van der Waals surface area contributed by atoms with Crippen molar-refractivity contribution in [2.24, 2.45) is 0 Å². The van der Waals surface area contributed by atoms with E-state index < -0.39 is 0 Å². The predicted octanol–water partition coefficient (Wildman–Crippen LogP) is 6.02. The molecule has 0 N–H and O–H groups in total. The van der Waals surface area contributed by atoms with Crippen molar-refractivity contribution in [2.45, 2.75) is 65.7 Å². The van der Waals surface area contributed by atoms with E-state index in [2.05, 4.69) is 31.7 Å². The normalized spacial score (nSPS) is 15.1. The van der Waals surface area contributed by atoms with E-state index >= 15 is 0 Å². The van der Waals surface area contributed by atoms with E-state index in [9.17, 15) is 0 Å². The number of hydrogen-bond donors (Lipinski definition) is 0. The summed E-state index contributed by atoms with van der Waals surface area (Å²) in [6, 6.07) is 2.17. The first-order chi connectivity index (χ1) is 13.5. The summed E-state index contributed by atoms with van der Waals surface area (Å²) < 4.78 is 2.03. The monoisotopic (exact) mass is 417 g/mol. The van der Waals surface area contributed by atoms with E-state index in [-0.39, 0.29) is 0 Å². The van der Waals surface area contributed by atoms with Crippen LogP contribution in [0.25, 0.3) is 16.1 Å². The number of thiazole rings is 1. The fraction of sp³-hybridized carbons (Fsp3) is 0.571. The molecule has 0 bridgehead atoms. The number of hydrogen-bond acceptors (Lipinski definition) is 5. The van der Waals surface area contributed by atoms with Gasteiger partial charge in [-0.1, -0.05) is 36.8 Å². The van der Waals surface area contributed by atoms with Crippen LogP contribution in [0, 0.1) is 13.8 Å². The predicted molar refractivity (Wildman–Crippen MR) is 118 cm³/mol. The van der Waals surface area contributed by atoms with Crippen LogP contribution < -0.4 is 4.90 Å². The van der Waals surface area contributed by atoms with Crippen molar-refractivity contribution in [1.82, 2.24) is 19.6 Å². The molecule has 1 saturated heterocycles. The van der Waals surface area contributed by atoms with Gasteiger partial charge in [0, 0.05) is 30.4 Å². The Bertz CT molecular complexity index is 983. The molecule has 0 radical (unpaired) electrons. The average Bonchev–Trinajstić information content (AvgIpc) is 3.22. The number of anilines is 1. The van der Waals surface area contributed by atoms with Gasteiger partial charge in [0.25, 0.3) is 0 Å². The van der Waals surface area contributed by atoms with Crippen molar-refractivity contribution < 1.29 is 0 Å². The maximum absolute atomic E-state index is 6.63. The molecular formula is C21H28ClN5S. The SMILES string of the molecule is CCC(CC)c1cc(C)nc2c(-c3sc(N4CCCCC4)nc3Cl)c(C)nn12. The molecule has 1 aliphatic heterocycles. The zero-order valence-electron chi connectivity index (χ0n) is 17.1. The van der Waals surface area contributed by atoms with Gasteiger partial charge < -0.3 is 4.90 Å². The van der Waals surface area contributed by atoms with Crippen LogP contribution in [-0.4, -0.2) is 32.7 Å². The largest absolute Gasteiger partial charge is 0.348 e. The van der Waals surface area contributed by atoms with Crippen molar-refractivity contribution in [1.29, 1.82) is 0 Å². The number of piperidine rings is 1. The lowest BCUT2D eigenvalue weighted by molar-refractivity contribution is 0.577. The number of rotatable bonds is 5. The van der Waals surface area contributed by atoms with E-state index in [1.54, 1.807) is 11.3 Å². The minimum atomic E-state index is 0.470. The Morgan fingerprint density at radius 2 is 1.82 bits per heavy atom. The van der Waals surface area contributed by atoms with Gasteiger partial charge in [-0.3, -0.25) is 0 Å². The summed E-state index contributed by atoms with van der Waals surface area (Å²) in [5, 5.41) is 6.46. The second-order valence-corrected chi connectivity index (χ2v) is 9.03. The minimum Gasteiger partial charge on any atom is -0.348 e. The molecule has 3 aromatic heterocycles. The average molecular weight is 418 g/mol. The highest BCUT2D eigenvalue weighted by Crippen LogP contribution is 2.42. The molecule has 150 valence electrons. The molecule has 28 heavy (non-hydrogen) atoms. The Morgan fingerprint density at radius 1 is 1.11 bits per heavy atom. The summed E-state index contributed by atoms with van der Waals surface area (Å²) in [6.07, 6.45) is 5.93. The molecule has 0 atom stereocenters. The molecule has 0 unspecified atom stereocenters. The quantitative estimate of drug-likeness (QED) is 0.509. The number of aromatic nitrogens is 4. The van der Waals surface area contributed by atoms with E-state index in [0.717, 1.165) is 58.5 Å². The summed E-state index contributed by atoms with van der Waals surface area (Å²) >= 11 is 8.31. The highest BCUT2D eigenvalue weighted by Gasteiger charge is 2.25. The molecule has 1 fully saturated rings. The Kier molecular flexibility index (Phi) is 5.61. The van der Waals surface area contributed by atoms with Crippen molar-refractivity contribution in [3.63, 3.8) is 0 Å². The molecule has 0 aliphatic carbocycles. The summed E-state index contributed by atoms with van der Waals surface area (Å²) in [5.74, 6) is 0.470. The maximum atomic E-state index is 6.63. The molecular weight excluding hydrogens is 390 g/mol. The Labute approximate surface area is 175 Å². The van der Waals surface area contributed by atoms with Crippen molar-refractivity contribution in [3.05, 3.63) is 28.3 Å². The van der Waals surface area contributed by atoms with Crippen LogP contribution in [0.3, 0.4) is 0 Å². The summed E-state index contributed by atoms with van der Waals surface area (Å²) in [6.45, 7) is 10.7. The second kappa shape index (κ2) is 7.99. The third kappa shape index (κ3) is 3.41. The molecule has 7 heteroatoms. The minimum absolute atomic E-state index is 0.470. The van der Waals surface area contributed by atoms with Gasteiger partial charge in [-0.05, 0) is 52.0 Å². The highest BCUT2D eigenvalue weighted by atomic mass is 35.5. The fourth-order valence-corrected chi connectivity index (χ4v) is 5.64. The van der Waals surface area contributed by atoms with E-state index in [4.69, 9.17) is 26.7 Å². The van der Waals surface area contributed by atoms with Gasteiger partial charge in [0.2, 0.25) is 0 Å². The number of fused-ring (bicyclic) bond motifs is 1. The number of nitrogens with zero attached hydrogens (tertiary/aromatic N) is 5. The third-order valence-corrected chi connectivity index (χ3v) is 7.27. The van der Waals surface area contributed by atoms with Crippen molar-refractivity contribution >= 4 is 33.7 Å². The zero-order valence-corrected chi connectivity index (χ0v) is 18.7. The molecule has 5 nitrogen and oxygen atoms in total. The van der Waals surface area contributed by atoms with Crippen LogP contribution in [-0.2, 0) is 0 Å². The van der Waals surface area contributed by atoms with Gasteiger partial charge in [0.15, 0.2) is 10.8 Å². The van der Waals surface area contributed by atoms with Crippen LogP contribution in [0.1, 0.15) is 69.0 Å². The van der Waals surface area contributed by atoms with E-state index in [1.807, 2.05) is 11.4 Å². The van der Waals surface area contributed by atoms with Crippen molar-refractivity contribution in [2.75, 3.05) is 18.0 Å². The van der Waals surface area contributed by atoms with Crippen LogP contribution in [0.4, 0.5) is 5.13 Å². The molecule has 4 rings (SSSR count). The maximum Gasteiger partial charge on any atom is 0.187 e. The number of halogens is 1. The molecule has 3 aromatic rings. The first-order valence-electron chi connectivity index (χ1n) is 10.3. The lowest BCUT2D eigenvalue weighted by Gasteiger charge is -2.25. The number of aryl methyl sites for hydroxylation is 2. The van der Waals surface area contributed by atoms with E-state index in [1.165, 1.54) is 25.0 Å². The third-order valence-electron chi connectivity index (χ3n) is 5.75. The summed E-state index contributed by atoms with van der Waals surface area (Å²) in [7, 11) is 0. The lowest BCUT2D eigenvalue weighted by atomic mass is 9.98. The molecule has 1 aliphatic rings. The van der Waals surface area contributed by atoms with Gasteiger partial charge in [-0.2, -0.15) is 5.10 Å². The topological polar surface area (TPSA) is 46.3 Å². The highest BCUT2D eigenvalue weighted by molar-refractivity contribution is 7.19. The van der Waals surface area contributed by atoms with Gasteiger partial charge in [0.05, 0.1) is 16.1 Å². The zero-order chi connectivity index (χ0) is 19.8. The van der Waals surface area contributed by atoms with Gasteiger partial charge >= 0.3 is 0 Å². The van der Waals surface area contributed by atoms with Gasteiger partial charge in [-0.25, -0.2) is 14.5 Å². The summed E-state index contributed by atoms with van der Waals surface area (Å²) in [5.41, 5.74) is 5.14. The van der Waals surface area contributed by atoms with Crippen LogP contribution in [0.2, 0.25) is 5.15 Å². The smallest absolute Gasteiger partial charge is 0.187 e. The second-order valence-electron chi connectivity index (χ2n) is 7.70. The van der Waals surface area contributed by atoms with E-state index in [0.29, 0.717) is 11.1 Å². The van der Waals surface area contributed by atoms with Gasteiger partial charge in [0.1, 0.15) is 5.15 Å². The Morgan fingerprint density at radius 3 is 2.50 bits per heavy atom. The summed E-state index contributed by atoms with van der Waals surface area (Å²) in [4.78, 5) is 12.9. The Balaban J connectivity index is 1.85. The molecule has 0 spiro atoms. The first kappa shape index (κ1) is 19.6.